The van der Waals surface area contributed by atoms with Gasteiger partial charge in [-0.2, -0.15) is 5.10 Å². The van der Waals surface area contributed by atoms with Gasteiger partial charge in [-0.15, -0.1) is 0 Å². The van der Waals surface area contributed by atoms with Crippen LogP contribution in [0.2, 0.25) is 0 Å². The van der Waals surface area contributed by atoms with Gasteiger partial charge in [0.25, 0.3) is 0 Å². The zero-order valence-electron chi connectivity index (χ0n) is 8.81. The minimum Gasteiger partial charge on any atom is -0.384 e. The lowest BCUT2D eigenvalue weighted by Gasteiger charge is -1.92. The predicted octanol–water partition coefficient (Wildman–Crippen LogP) is 1.55. The van der Waals surface area contributed by atoms with Crippen molar-refractivity contribution in [2.45, 2.75) is 0 Å². The second-order valence-corrected chi connectivity index (χ2v) is 3.68. The average molecular weight is 213 g/mol. The van der Waals surface area contributed by atoms with E-state index in [1.165, 1.54) is 0 Å². The van der Waals surface area contributed by atoms with Crippen LogP contribution in [0.5, 0.6) is 0 Å². The molecule has 0 aromatic carbocycles. The Morgan fingerprint density at radius 3 is 3.06 bits per heavy atom. The molecule has 0 aliphatic heterocycles. The number of anilines is 1. The summed E-state index contributed by atoms with van der Waals surface area (Å²) in [7, 11) is 1.83. The Bertz CT molecular complexity index is 630. The van der Waals surface area contributed by atoms with Gasteiger partial charge in [-0.25, -0.2) is 4.98 Å². The van der Waals surface area contributed by atoms with Crippen LogP contribution < -0.4 is 5.73 Å². The number of aryl methyl sites for hydroxylation is 1. The van der Waals surface area contributed by atoms with Crippen molar-refractivity contribution in [1.29, 1.82) is 0 Å². The number of nitrogens with two attached hydrogens (primary N) is 1. The molecule has 0 saturated carbocycles. The third kappa shape index (κ3) is 1.18. The summed E-state index contributed by atoms with van der Waals surface area (Å²) in [6.07, 6.45) is 3.66. The summed E-state index contributed by atoms with van der Waals surface area (Å²) in [6.45, 7) is 0. The lowest BCUT2D eigenvalue weighted by atomic mass is 10.1. The maximum atomic E-state index is 5.77. The molecule has 16 heavy (non-hydrogen) atoms. The highest BCUT2D eigenvalue weighted by Gasteiger charge is 2.10. The molecule has 0 saturated heterocycles. The van der Waals surface area contributed by atoms with Crippen molar-refractivity contribution in [3.8, 4) is 11.3 Å². The molecule has 0 bridgehead atoms. The normalized spacial score (nSPS) is 11.1. The topological polar surface area (TPSA) is 72.5 Å². The highest BCUT2D eigenvalue weighted by molar-refractivity contribution is 5.92. The number of hydrogen-bond donors (Lipinski definition) is 2. The summed E-state index contributed by atoms with van der Waals surface area (Å²) in [6, 6.07) is 5.78. The van der Waals surface area contributed by atoms with Gasteiger partial charge in [-0.3, -0.25) is 4.68 Å². The highest BCUT2D eigenvalue weighted by atomic mass is 15.3. The fourth-order valence-corrected chi connectivity index (χ4v) is 1.78. The van der Waals surface area contributed by atoms with Crippen LogP contribution in [-0.2, 0) is 7.05 Å². The Hall–Kier alpha value is -2.30. The molecular formula is C11H11N5. The van der Waals surface area contributed by atoms with Gasteiger partial charge in [-0.05, 0) is 12.1 Å². The summed E-state index contributed by atoms with van der Waals surface area (Å²) in [5, 5.41) is 5.40. The quantitative estimate of drug-likeness (QED) is 0.644. The van der Waals surface area contributed by atoms with Crippen LogP contribution in [0.3, 0.4) is 0 Å². The van der Waals surface area contributed by atoms with E-state index in [9.17, 15) is 0 Å². The molecule has 0 atom stereocenters. The fourth-order valence-electron chi connectivity index (χ4n) is 1.78. The first-order valence-electron chi connectivity index (χ1n) is 4.97. The minimum atomic E-state index is 0.647. The molecule has 80 valence electrons. The lowest BCUT2D eigenvalue weighted by Crippen LogP contribution is -1.96. The zero-order chi connectivity index (χ0) is 11.1. The van der Waals surface area contributed by atoms with Gasteiger partial charge in [0.2, 0.25) is 0 Å². The number of hydrogen-bond acceptors (Lipinski definition) is 3. The van der Waals surface area contributed by atoms with E-state index in [2.05, 4.69) is 15.1 Å². The molecule has 0 aliphatic carbocycles. The summed E-state index contributed by atoms with van der Waals surface area (Å²) in [5.41, 5.74) is 8.51. The Labute approximate surface area is 91.9 Å². The molecule has 3 aromatic heterocycles. The number of aromatic nitrogens is 4. The van der Waals surface area contributed by atoms with E-state index >= 15 is 0 Å². The van der Waals surface area contributed by atoms with Crippen molar-refractivity contribution in [3.05, 3.63) is 30.6 Å². The van der Waals surface area contributed by atoms with Crippen LogP contribution in [0, 0.1) is 0 Å². The van der Waals surface area contributed by atoms with Gasteiger partial charge in [0.1, 0.15) is 11.5 Å². The first kappa shape index (κ1) is 8.96. The molecule has 3 rings (SSSR count). The third-order valence-electron chi connectivity index (χ3n) is 2.64. The summed E-state index contributed by atoms with van der Waals surface area (Å²) in [5.74, 6) is 0.647. The van der Waals surface area contributed by atoms with E-state index in [0.29, 0.717) is 5.82 Å². The molecule has 3 heterocycles. The Kier molecular flexibility index (Phi) is 1.73. The van der Waals surface area contributed by atoms with Gasteiger partial charge in [0, 0.05) is 36.5 Å². The zero-order valence-corrected chi connectivity index (χ0v) is 8.81. The molecule has 0 fully saturated rings. The van der Waals surface area contributed by atoms with Crippen molar-refractivity contribution in [2.75, 3.05) is 5.73 Å². The van der Waals surface area contributed by atoms with Crippen molar-refractivity contribution in [3.63, 3.8) is 0 Å². The average Bonchev–Trinajstić information content (AvgIpc) is 2.83. The van der Waals surface area contributed by atoms with Crippen molar-refractivity contribution < 1.29 is 0 Å². The molecule has 0 radical (unpaired) electrons. The molecule has 0 amide bonds. The Balaban J connectivity index is 2.26. The smallest absolute Gasteiger partial charge is 0.137 e. The number of nitrogens with zero attached hydrogens (tertiary/aromatic N) is 3. The number of pyridine rings is 1. The second-order valence-electron chi connectivity index (χ2n) is 3.68. The molecule has 0 aliphatic rings. The number of rotatable bonds is 1. The first-order valence-corrected chi connectivity index (χ1v) is 4.97. The SMILES string of the molecule is Cn1nc(-c2c[nH]c3ncccc23)cc1N. The number of H-pyrrole nitrogens is 1. The van der Waals surface area contributed by atoms with Crippen LogP contribution >= 0.6 is 0 Å². The highest BCUT2D eigenvalue weighted by Crippen LogP contribution is 2.27. The summed E-state index contributed by atoms with van der Waals surface area (Å²) in [4.78, 5) is 7.35. The Morgan fingerprint density at radius 2 is 2.31 bits per heavy atom. The fraction of sp³-hybridized carbons (Fsp3) is 0.0909. The predicted molar refractivity (Wildman–Crippen MR) is 62.7 cm³/mol. The molecule has 5 heteroatoms. The van der Waals surface area contributed by atoms with E-state index in [1.807, 2.05) is 31.4 Å². The Morgan fingerprint density at radius 1 is 1.44 bits per heavy atom. The first-order chi connectivity index (χ1) is 7.75. The van der Waals surface area contributed by atoms with Crippen LogP contribution in [0.15, 0.2) is 30.6 Å². The van der Waals surface area contributed by atoms with E-state index in [0.717, 1.165) is 22.3 Å². The molecule has 3 N–H and O–H groups in total. The number of nitrogen functional groups attached to an aromatic ring is 1. The second kappa shape index (κ2) is 3.10. The summed E-state index contributed by atoms with van der Waals surface area (Å²) < 4.78 is 1.66. The molecular weight excluding hydrogens is 202 g/mol. The lowest BCUT2D eigenvalue weighted by molar-refractivity contribution is 0.782. The van der Waals surface area contributed by atoms with E-state index < -0.39 is 0 Å². The van der Waals surface area contributed by atoms with Crippen molar-refractivity contribution >= 4 is 16.9 Å². The maximum absolute atomic E-state index is 5.77. The largest absolute Gasteiger partial charge is 0.384 e. The van der Waals surface area contributed by atoms with Crippen LogP contribution in [0.4, 0.5) is 5.82 Å². The van der Waals surface area contributed by atoms with Gasteiger partial charge in [0.05, 0.1) is 5.69 Å². The number of aromatic amines is 1. The number of fused-ring (bicyclic) bond motifs is 1. The molecule has 0 unspecified atom stereocenters. The van der Waals surface area contributed by atoms with E-state index in [-0.39, 0.29) is 0 Å². The minimum absolute atomic E-state index is 0.647. The van der Waals surface area contributed by atoms with Crippen LogP contribution in [0.1, 0.15) is 0 Å². The van der Waals surface area contributed by atoms with Gasteiger partial charge >= 0.3 is 0 Å². The van der Waals surface area contributed by atoms with Gasteiger partial charge in [-0.1, -0.05) is 0 Å². The molecule has 3 aromatic rings. The monoisotopic (exact) mass is 213 g/mol. The van der Waals surface area contributed by atoms with Crippen LogP contribution in [0.25, 0.3) is 22.3 Å². The standard InChI is InChI=1S/C11H11N5/c1-16-10(12)5-9(15-16)8-6-14-11-7(8)3-2-4-13-11/h2-6H,12H2,1H3,(H,13,14). The van der Waals surface area contributed by atoms with E-state index in [1.54, 1.807) is 10.9 Å². The van der Waals surface area contributed by atoms with Gasteiger partial charge < -0.3 is 10.7 Å². The van der Waals surface area contributed by atoms with E-state index in [4.69, 9.17) is 5.73 Å². The van der Waals surface area contributed by atoms with Crippen molar-refractivity contribution in [2.24, 2.45) is 7.05 Å². The van der Waals surface area contributed by atoms with Gasteiger partial charge in [0.15, 0.2) is 0 Å². The van der Waals surface area contributed by atoms with Crippen LogP contribution in [-0.4, -0.2) is 19.7 Å². The molecule has 0 spiro atoms. The third-order valence-corrected chi connectivity index (χ3v) is 2.64. The van der Waals surface area contributed by atoms with Crippen molar-refractivity contribution in [1.82, 2.24) is 19.7 Å². The number of nitrogens with one attached hydrogen (secondary N) is 1. The maximum Gasteiger partial charge on any atom is 0.137 e. The summed E-state index contributed by atoms with van der Waals surface area (Å²) >= 11 is 0. The molecule has 5 nitrogen and oxygen atoms in total.